The number of rotatable bonds is 12. The van der Waals surface area contributed by atoms with E-state index in [1.54, 1.807) is 20.2 Å². The molecule has 4 heteroatoms. The molecule has 0 bridgehead atoms. The molecule has 0 saturated heterocycles. The van der Waals surface area contributed by atoms with Crippen molar-refractivity contribution in [3.05, 3.63) is 48.1 Å². The first-order valence-electron chi connectivity index (χ1n) is 10.9. The number of ether oxygens (including phenoxy) is 1. The lowest BCUT2D eigenvalue weighted by Gasteiger charge is -2.19. The van der Waals surface area contributed by atoms with Gasteiger partial charge < -0.3 is 9.64 Å². The highest BCUT2D eigenvalue weighted by molar-refractivity contribution is 6.07. The minimum Gasteiger partial charge on any atom is -0.449 e. The molecule has 1 amide bonds. The molecule has 0 unspecified atom stereocenters. The lowest BCUT2D eigenvalue weighted by Crippen LogP contribution is -2.23. The first-order chi connectivity index (χ1) is 13.8. The van der Waals surface area contributed by atoms with E-state index in [0.717, 1.165) is 37.7 Å². The zero-order valence-electron chi connectivity index (χ0n) is 18.9. The molecule has 0 aliphatic heterocycles. The van der Waals surface area contributed by atoms with Gasteiger partial charge in [0.2, 0.25) is 0 Å². The third-order valence-corrected chi connectivity index (χ3v) is 5.07. The predicted molar refractivity (Wildman–Crippen MR) is 121 cm³/mol. The Bertz CT molecular complexity index is 638. The number of allylic oxidation sites excluding steroid dienone is 8. The Kier molecular flexibility index (Phi) is 11.3. The second kappa shape index (κ2) is 13.2. The van der Waals surface area contributed by atoms with Gasteiger partial charge in [-0.05, 0) is 43.6 Å². The summed E-state index contributed by atoms with van der Waals surface area (Å²) in [5, 5.41) is 0. The van der Waals surface area contributed by atoms with Gasteiger partial charge in [-0.3, -0.25) is 4.79 Å². The second-order valence-electron chi connectivity index (χ2n) is 8.61. The smallest absolute Gasteiger partial charge is 0.409 e. The summed E-state index contributed by atoms with van der Waals surface area (Å²) in [6, 6.07) is 0. The summed E-state index contributed by atoms with van der Waals surface area (Å²) in [7, 11) is 3.36. The fraction of sp³-hybridized carbons (Fsp3) is 0.600. The monoisotopic (exact) mass is 401 g/mol. The fourth-order valence-corrected chi connectivity index (χ4v) is 3.14. The maximum atomic E-state index is 12.2. The summed E-state index contributed by atoms with van der Waals surface area (Å²) >= 11 is 0. The maximum Gasteiger partial charge on any atom is 0.409 e. The van der Waals surface area contributed by atoms with Gasteiger partial charge in [-0.25, -0.2) is 4.79 Å². The number of hydrogen-bond acceptors (Lipinski definition) is 3. The molecule has 0 aromatic rings. The maximum absolute atomic E-state index is 12.2. The van der Waals surface area contributed by atoms with Crippen LogP contribution in [0.1, 0.15) is 65.7 Å². The molecule has 0 fully saturated rings. The number of ketones is 1. The largest absolute Gasteiger partial charge is 0.449 e. The van der Waals surface area contributed by atoms with Crippen molar-refractivity contribution in [1.29, 1.82) is 0 Å². The first kappa shape index (κ1) is 24.9. The van der Waals surface area contributed by atoms with E-state index in [2.05, 4.69) is 45.1 Å². The van der Waals surface area contributed by atoms with Gasteiger partial charge in [-0.2, -0.15) is 0 Å². The number of carbonyl (C=O) groups is 2. The first-order valence-corrected chi connectivity index (χ1v) is 10.9. The van der Waals surface area contributed by atoms with Crippen LogP contribution in [-0.2, 0) is 9.53 Å². The number of amides is 1. The zero-order chi connectivity index (χ0) is 21.7. The third kappa shape index (κ3) is 10.3. The molecule has 4 nitrogen and oxygen atoms in total. The van der Waals surface area contributed by atoms with Gasteiger partial charge in [0.1, 0.15) is 0 Å². The van der Waals surface area contributed by atoms with Crippen LogP contribution in [0.2, 0.25) is 0 Å². The quantitative estimate of drug-likeness (QED) is 0.220. The van der Waals surface area contributed by atoms with E-state index < -0.39 is 0 Å². The Labute approximate surface area is 177 Å². The van der Waals surface area contributed by atoms with Gasteiger partial charge in [0.05, 0.1) is 6.61 Å². The van der Waals surface area contributed by atoms with Gasteiger partial charge in [0, 0.05) is 25.6 Å². The summed E-state index contributed by atoms with van der Waals surface area (Å²) in [4.78, 5) is 24.9. The molecule has 29 heavy (non-hydrogen) atoms. The van der Waals surface area contributed by atoms with Gasteiger partial charge in [0.25, 0.3) is 0 Å². The third-order valence-electron chi connectivity index (χ3n) is 5.07. The fourth-order valence-electron chi connectivity index (χ4n) is 3.14. The Morgan fingerprint density at radius 1 is 1.21 bits per heavy atom. The van der Waals surface area contributed by atoms with Crippen molar-refractivity contribution in [2.75, 3.05) is 20.7 Å². The van der Waals surface area contributed by atoms with E-state index in [0.29, 0.717) is 6.61 Å². The highest BCUT2D eigenvalue weighted by Crippen LogP contribution is 2.27. The lowest BCUT2D eigenvalue weighted by atomic mass is 9.86. The molecule has 1 rings (SSSR count). The molecule has 0 radical (unpaired) electrons. The Morgan fingerprint density at radius 2 is 1.97 bits per heavy atom. The molecule has 162 valence electrons. The van der Waals surface area contributed by atoms with E-state index in [4.69, 9.17) is 4.74 Å². The summed E-state index contributed by atoms with van der Waals surface area (Å²) in [5.74, 6) is 0.297. The van der Waals surface area contributed by atoms with E-state index in [9.17, 15) is 9.59 Å². The van der Waals surface area contributed by atoms with Crippen LogP contribution in [0.25, 0.3) is 0 Å². The average Bonchev–Trinajstić information content (AvgIpc) is 3.01. The number of hydrogen-bond donors (Lipinski definition) is 0. The van der Waals surface area contributed by atoms with Gasteiger partial charge in [-0.15, -0.1) is 0 Å². The molecule has 1 aliphatic rings. The van der Waals surface area contributed by atoms with Crippen molar-refractivity contribution < 1.29 is 14.3 Å². The highest BCUT2D eigenvalue weighted by Gasteiger charge is 2.21. The van der Waals surface area contributed by atoms with Crippen LogP contribution >= 0.6 is 0 Å². The second-order valence-corrected chi connectivity index (χ2v) is 8.61. The van der Waals surface area contributed by atoms with Crippen LogP contribution in [0.4, 0.5) is 4.79 Å². The van der Waals surface area contributed by atoms with Crippen LogP contribution in [0, 0.1) is 11.3 Å². The van der Waals surface area contributed by atoms with E-state index >= 15 is 0 Å². The van der Waals surface area contributed by atoms with Crippen LogP contribution in [0.15, 0.2) is 48.1 Å². The summed E-state index contributed by atoms with van der Waals surface area (Å²) in [6.07, 6.45) is 21.2. The van der Waals surface area contributed by atoms with Crippen molar-refractivity contribution in [1.82, 2.24) is 4.90 Å². The van der Waals surface area contributed by atoms with E-state index in [1.165, 1.54) is 17.7 Å². The average molecular weight is 402 g/mol. The molecule has 1 atom stereocenters. The topological polar surface area (TPSA) is 46.6 Å². The molecule has 0 N–H and O–H groups in total. The van der Waals surface area contributed by atoms with Crippen molar-refractivity contribution in [2.45, 2.75) is 65.7 Å². The molecule has 1 aliphatic carbocycles. The standard InChI is InChI=1S/C25H39NO3/c1-6-7-18-25(2,3)19-13-15-22-21(16-17-23(22)27)14-11-9-8-10-12-20-29-24(28)26(4)5/h9,11,13,15-17,19,21H,6-8,10,12,14,18,20H2,1-5H3/b11-9-,19-13?,22-15?/t21-/m0/s1. The minimum atomic E-state index is -0.291. The molecule has 0 spiro atoms. The zero-order valence-corrected chi connectivity index (χ0v) is 18.9. The summed E-state index contributed by atoms with van der Waals surface area (Å²) in [6.45, 7) is 7.16. The molecular weight excluding hydrogens is 362 g/mol. The SMILES string of the molecule is CCCCC(C)(C)C=CC=C1C(=O)C=C[C@@H]1C/C=C\CCCCOC(=O)N(C)C. The number of unbranched alkanes of at least 4 members (excludes halogenated alkanes) is 3. The van der Waals surface area contributed by atoms with Crippen molar-refractivity contribution in [3.8, 4) is 0 Å². The summed E-state index contributed by atoms with van der Waals surface area (Å²) < 4.78 is 5.10. The van der Waals surface area contributed by atoms with Crippen molar-refractivity contribution in [2.24, 2.45) is 11.3 Å². The molecule has 0 saturated carbocycles. The van der Waals surface area contributed by atoms with E-state index in [1.807, 2.05) is 12.2 Å². The van der Waals surface area contributed by atoms with Crippen LogP contribution in [0.5, 0.6) is 0 Å². The Balaban J connectivity index is 2.39. The predicted octanol–water partition coefficient (Wildman–Crippen LogP) is 6.26. The van der Waals surface area contributed by atoms with Crippen LogP contribution in [0.3, 0.4) is 0 Å². The van der Waals surface area contributed by atoms with Crippen LogP contribution < -0.4 is 0 Å². The van der Waals surface area contributed by atoms with Gasteiger partial charge in [-0.1, -0.05) is 70.1 Å². The highest BCUT2D eigenvalue weighted by atomic mass is 16.6. The normalized spacial score (nSPS) is 18.4. The summed E-state index contributed by atoms with van der Waals surface area (Å²) in [5.41, 5.74) is 1.05. The molecule has 0 aromatic carbocycles. The van der Waals surface area contributed by atoms with Crippen LogP contribution in [-0.4, -0.2) is 37.5 Å². The van der Waals surface area contributed by atoms with Gasteiger partial charge in [0.15, 0.2) is 5.78 Å². The lowest BCUT2D eigenvalue weighted by molar-refractivity contribution is -0.111. The molecule has 0 aromatic heterocycles. The minimum absolute atomic E-state index is 0.127. The van der Waals surface area contributed by atoms with Crippen molar-refractivity contribution >= 4 is 11.9 Å². The van der Waals surface area contributed by atoms with E-state index in [-0.39, 0.29) is 23.2 Å². The number of carbonyl (C=O) groups excluding carboxylic acids is 2. The number of nitrogens with zero attached hydrogens (tertiary/aromatic N) is 1. The molecular formula is C25H39NO3. The van der Waals surface area contributed by atoms with Gasteiger partial charge >= 0.3 is 6.09 Å². The van der Waals surface area contributed by atoms with Crippen molar-refractivity contribution in [3.63, 3.8) is 0 Å². The Morgan fingerprint density at radius 3 is 2.66 bits per heavy atom. The molecule has 0 heterocycles. The Hall–Kier alpha value is -2.10.